The van der Waals surface area contributed by atoms with Gasteiger partial charge in [0.05, 0.1) is 22.2 Å². The van der Waals surface area contributed by atoms with Crippen molar-refractivity contribution in [2.45, 2.75) is 39.8 Å². The zero-order valence-corrected chi connectivity index (χ0v) is 17.5. The topological polar surface area (TPSA) is 99.2 Å². The van der Waals surface area contributed by atoms with Gasteiger partial charge >= 0.3 is 0 Å². The first-order valence-electron chi connectivity index (χ1n) is 9.42. The highest BCUT2D eigenvalue weighted by molar-refractivity contribution is 7.13. The van der Waals surface area contributed by atoms with Crippen LogP contribution in [0.4, 0.5) is 0 Å². The Hall–Kier alpha value is -2.78. The summed E-state index contributed by atoms with van der Waals surface area (Å²) in [5, 5.41) is 13.1. The first-order chi connectivity index (χ1) is 13.9. The number of carbonyl (C=O) groups is 1. The quantitative estimate of drug-likeness (QED) is 0.539. The van der Waals surface area contributed by atoms with Crippen molar-refractivity contribution in [1.29, 1.82) is 0 Å². The van der Waals surface area contributed by atoms with Crippen molar-refractivity contribution in [3.8, 4) is 21.9 Å². The number of ether oxygens (including phenoxy) is 1. The molecule has 0 fully saturated rings. The van der Waals surface area contributed by atoms with Crippen LogP contribution in [0.15, 0.2) is 39.0 Å². The lowest BCUT2D eigenvalue weighted by Crippen LogP contribution is -2.34. The lowest BCUT2D eigenvalue weighted by Gasteiger charge is -2.11. The third-order valence-corrected chi connectivity index (χ3v) is 4.91. The molecule has 0 unspecified atom stereocenters. The monoisotopic (exact) mass is 416 g/mol. The van der Waals surface area contributed by atoms with Crippen LogP contribution in [0, 0.1) is 6.92 Å². The standard InChI is InChI=1S/C20H24N4O4S/c1-13(2)27-8-5-7-21-18(25)12-24-19(26)11-15(16-10-14(3)23-28-16)20(22-24)17-6-4-9-29-17/h4,6,9-11,13H,5,7-8,12H2,1-3H3,(H,21,25). The Kier molecular flexibility index (Phi) is 6.95. The van der Waals surface area contributed by atoms with Gasteiger partial charge in [-0.2, -0.15) is 5.10 Å². The van der Waals surface area contributed by atoms with E-state index in [1.165, 1.54) is 22.1 Å². The zero-order valence-electron chi connectivity index (χ0n) is 16.7. The fourth-order valence-corrected chi connectivity index (χ4v) is 3.41. The summed E-state index contributed by atoms with van der Waals surface area (Å²) < 4.78 is 11.9. The minimum Gasteiger partial charge on any atom is -0.379 e. The van der Waals surface area contributed by atoms with E-state index in [-0.39, 0.29) is 24.1 Å². The van der Waals surface area contributed by atoms with E-state index in [0.29, 0.717) is 42.3 Å². The molecule has 0 aliphatic heterocycles. The molecular weight excluding hydrogens is 392 g/mol. The average molecular weight is 417 g/mol. The van der Waals surface area contributed by atoms with Crippen LogP contribution in [0.2, 0.25) is 0 Å². The van der Waals surface area contributed by atoms with Gasteiger partial charge in [-0.05, 0) is 38.6 Å². The molecule has 0 aliphatic rings. The number of aromatic nitrogens is 3. The lowest BCUT2D eigenvalue weighted by atomic mass is 10.1. The zero-order chi connectivity index (χ0) is 20.8. The third-order valence-electron chi connectivity index (χ3n) is 4.03. The van der Waals surface area contributed by atoms with E-state index in [4.69, 9.17) is 9.26 Å². The highest BCUT2D eigenvalue weighted by Crippen LogP contribution is 2.32. The van der Waals surface area contributed by atoms with Crippen molar-refractivity contribution in [2.24, 2.45) is 0 Å². The lowest BCUT2D eigenvalue weighted by molar-refractivity contribution is -0.121. The van der Waals surface area contributed by atoms with Crippen molar-refractivity contribution in [1.82, 2.24) is 20.3 Å². The molecular formula is C20H24N4O4S. The van der Waals surface area contributed by atoms with Crippen LogP contribution < -0.4 is 10.9 Å². The van der Waals surface area contributed by atoms with Crippen LogP contribution in [-0.2, 0) is 16.1 Å². The Balaban J connectivity index is 1.77. The summed E-state index contributed by atoms with van der Waals surface area (Å²) in [7, 11) is 0. The maximum atomic E-state index is 12.6. The number of nitrogens with zero attached hydrogens (tertiary/aromatic N) is 3. The molecule has 0 bridgehead atoms. The third kappa shape index (κ3) is 5.61. The van der Waals surface area contributed by atoms with Crippen molar-refractivity contribution in [3.63, 3.8) is 0 Å². The van der Waals surface area contributed by atoms with Gasteiger partial charge in [0.2, 0.25) is 5.91 Å². The number of carbonyl (C=O) groups excluding carboxylic acids is 1. The van der Waals surface area contributed by atoms with E-state index in [1.807, 2.05) is 38.3 Å². The number of thiophene rings is 1. The second-order valence-electron chi connectivity index (χ2n) is 6.84. The SMILES string of the molecule is Cc1cc(-c2cc(=O)n(CC(=O)NCCCOC(C)C)nc2-c2cccs2)on1. The first-order valence-corrected chi connectivity index (χ1v) is 10.3. The molecule has 0 saturated carbocycles. The first kappa shape index (κ1) is 20.9. The summed E-state index contributed by atoms with van der Waals surface area (Å²) in [4.78, 5) is 25.7. The fourth-order valence-electron chi connectivity index (χ4n) is 2.69. The Morgan fingerprint density at radius 1 is 1.38 bits per heavy atom. The van der Waals surface area contributed by atoms with Gasteiger partial charge in [-0.3, -0.25) is 9.59 Å². The van der Waals surface area contributed by atoms with Gasteiger partial charge in [0.15, 0.2) is 5.76 Å². The van der Waals surface area contributed by atoms with Crippen molar-refractivity contribution < 1.29 is 14.1 Å². The fraction of sp³-hybridized carbons (Fsp3) is 0.400. The van der Waals surface area contributed by atoms with Gasteiger partial charge in [0.1, 0.15) is 12.2 Å². The summed E-state index contributed by atoms with van der Waals surface area (Å²) in [5.74, 6) is 0.196. The van der Waals surface area contributed by atoms with E-state index in [1.54, 1.807) is 6.07 Å². The smallest absolute Gasteiger partial charge is 0.268 e. The van der Waals surface area contributed by atoms with Gasteiger partial charge in [0.25, 0.3) is 5.56 Å². The largest absolute Gasteiger partial charge is 0.379 e. The molecule has 3 rings (SSSR count). The Morgan fingerprint density at radius 2 is 2.21 bits per heavy atom. The van der Waals surface area contributed by atoms with Gasteiger partial charge in [-0.15, -0.1) is 11.3 Å². The van der Waals surface area contributed by atoms with Gasteiger partial charge in [-0.25, -0.2) is 4.68 Å². The summed E-state index contributed by atoms with van der Waals surface area (Å²) in [5.41, 5.74) is 1.46. The van der Waals surface area contributed by atoms with E-state index < -0.39 is 0 Å². The molecule has 3 aromatic heterocycles. The highest BCUT2D eigenvalue weighted by atomic mass is 32.1. The molecule has 0 aromatic carbocycles. The minimum atomic E-state index is -0.382. The van der Waals surface area contributed by atoms with Crippen LogP contribution in [-0.4, -0.2) is 40.1 Å². The predicted molar refractivity (Wildman–Crippen MR) is 111 cm³/mol. The number of aryl methyl sites for hydroxylation is 1. The summed E-state index contributed by atoms with van der Waals surface area (Å²) >= 11 is 1.49. The van der Waals surface area contributed by atoms with Crippen LogP contribution in [0.1, 0.15) is 26.0 Å². The molecule has 154 valence electrons. The summed E-state index contributed by atoms with van der Waals surface area (Å²) in [6.07, 6.45) is 0.868. The Bertz CT molecular complexity index is 1010. The summed E-state index contributed by atoms with van der Waals surface area (Å²) in [6, 6.07) is 7.00. The number of rotatable bonds is 9. The second-order valence-corrected chi connectivity index (χ2v) is 7.78. The Morgan fingerprint density at radius 3 is 2.86 bits per heavy atom. The van der Waals surface area contributed by atoms with Gasteiger partial charge in [0, 0.05) is 25.3 Å². The van der Waals surface area contributed by atoms with Crippen LogP contribution in [0.25, 0.3) is 21.9 Å². The number of hydrogen-bond donors (Lipinski definition) is 1. The highest BCUT2D eigenvalue weighted by Gasteiger charge is 2.18. The molecule has 3 aromatic rings. The number of nitrogens with one attached hydrogen (secondary N) is 1. The van der Waals surface area contributed by atoms with E-state index >= 15 is 0 Å². The summed E-state index contributed by atoms with van der Waals surface area (Å²) in [6.45, 7) is 6.63. The molecule has 9 heteroatoms. The molecule has 8 nitrogen and oxygen atoms in total. The molecule has 0 radical (unpaired) electrons. The number of amides is 1. The minimum absolute atomic E-state index is 0.155. The van der Waals surface area contributed by atoms with E-state index in [2.05, 4.69) is 15.6 Å². The molecule has 29 heavy (non-hydrogen) atoms. The molecule has 0 atom stereocenters. The molecule has 3 heterocycles. The van der Waals surface area contributed by atoms with Gasteiger partial charge < -0.3 is 14.6 Å². The molecule has 0 saturated heterocycles. The van der Waals surface area contributed by atoms with Crippen LogP contribution >= 0.6 is 11.3 Å². The van der Waals surface area contributed by atoms with E-state index in [0.717, 1.165) is 4.88 Å². The maximum Gasteiger partial charge on any atom is 0.268 e. The normalized spacial score (nSPS) is 11.2. The number of hydrogen-bond acceptors (Lipinski definition) is 7. The van der Waals surface area contributed by atoms with Crippen molar-refractivity contribution in [3.05, 3.63) is 45.7 Å². The maximum absolute atomic E-state index is 12.6. The van der Waals surface area contributed by atoms with Crippen molar-refractivity contribution in [2.75, 3.05) is 13.2 Å². The molecule has 0 aliphatic carbocycles. The van der Waals surface area contributed by atoms with Crippen LogP contribution in [0.5, 0.6) is 0 Å². The van der Waals surface area contributed by atoms with E-state index in [9.17, 15) is 9.59 Å². The predicted octanol–water partition coefficient (Wildman–Crippen LogP) is 2.87. The molecule has 1 amide bonds. The van der Waals surface area contributed by atoms with Crippen molar-refractivity contribution >= 4 is 17.2 Å². The molecule has 1 N–H and O–H groups in total. The Labute approximate surface area is 172 Å². The van der Waals surface area contributed by atoms with Crippen LogP contribution in [0.3, 0.4) is 0 Å². The average Bonchev–Trinajstić information content (AvgIpc) is 3.34. The molecule has 0 spiro atoms. The second kappa shape index (κ2) is 9.62. The van der Waals surface area contributed by atoms with Gasteiger partial charge in [-0.1, -0.05) is 11.2 Å².